The molecular weight excluding hydrogens is 366 g/mol. The molecular formula is C16H20BrNOS2. The van der Waals surface area contributed by atoms with Crippen LogP contribution in [0.5, 0.6) is 0 Å². The molecule has 0 spiro atoms. The third-order valence-corrected chi connectivity index (χ3v) is 9.38. The monoisotopic (exact) mass is 385 g/mol. The molecule has 1 amide bonds. The van der Waals surface area contributed by atoms with Crippen LogP contribution in [0.1, 0.15) is 26.3 Å². The SMILES string of the molecule is CCS[C@]12SC(C)(C)[C@H](Br)[C@H]1N(Cc1ccccc1)C2=O. The molecule has 1 aromatic carbocycles. The van der Waals surface area contributed by atoms with Crippen LogP contribution in [0.15, 0.2) is 30.3 Å². The van der Waals surface area contributed by atoms with Gasteiger partial charge in [-0.25, -0.2) is 0 Å². The summed E-state index contributed by atoms with van der Waals surface area (Å²) in [5.41, 5.74) is 1.20. The summed E-state index contributed by atoms with van der Waals surface area (Å²) in [6, 6.07) is 10.5. The van der Waals surface area contributed by atoms with Crippen molar-refractivity contribution >= 4 is 45.4 Å². The van der Waals surface area contributed by atoms with Crippen LogP contribution in [0.4, 0.5) is 0 Å². The van der Waals surface area contributed by atoms with Gasteiger partial charge in [0.25, 0.3) is 5.91 Å². The van der Waals surface area contributed by atoms with Gasteiger partial charge in [0.1, 0.15) is 0 Å². The maximum absolute atomic E-state index is 12.9. The summed E-state index contributed by atoms with van der Waals surface area (Å²) < 4.78 is -0.199. The van der Waals surface area contributed by atoms with E-state index < -0.39 is 0 Å². The van der Waals surface area contributed by atoms with Gasteiger partial charge in [-0.3, -0.25) is 4.79 Å². The standard InChI is InChI=1S/C16H20BrNOS2/c1-4-20-16-13(12(17)15(2,3)21-16)18(14(16)19)10-11-8-6-5-7-9-11/h5-9,12-13H,4,10H2,1-3H3/t12-,13-,16+/m1/s1. The van der Waals surface area contributed by atoms with E-state index in [0.717, 1.165) is 12.3 Å². The molecule has 21 heavy (non-hydrogen) atoms. The summed E-state index contributed by atoms with van der Waals surface area (Å²) in [5.74, 6) is 1.27. The van der Waals surface area contributed by atoms with Crippen molar-refractivity contribution in [1.29, 1.82) is 0 Å². The second kappa shape index (κ2) is 5.50. The van der Waals surface area contributed by atoms with Crippen LogP contribution in [0, 0.1) is 0 Å². The number of β-lactam (4-membered cyclic amide) rings is 1. The van der Waals surface area contributed by atoms with Gasteiger partial charge in [0, 0.05) is 11.3 Å². The van der Waals surface area contributed by atoms with Crippen molar-refractivity contribution in [3.63, 3.8) is 0 Å². The number of likely N-dealkylation sites (tertiary alicyclic amines) is 1. The molecule has 0 saturated carbocycles. The number of carbonyl (C=O) groups is 1. The van der Waals surface area contributed by atoms with Gasteiger partial charge in [-0.1, -0.05) is 53.2 Å². The fraction of sp³-hybridized carbons (Fsp3) is 0.562. The number of rotatable bonds is 4. The number of hydrogen-bond donors (Lipinski definition) is 0. The normalized spacial score (nSPS) is 33.7. The average molecular weight is 386 g/mol. The van der Waals surface area contributed by atoms with Crippen molar-refractivity contribution in [3.8, 4) is 0 Å². The van der Waals surface area contributed by atoms with Crippen LogP contribution in [-0.2, 0) is 11.3 Å². The van der Waals surface area contributed by atoms with Gasteiger partial charge in [0.2, 0.25) is 0 Å². The van der Waals surface area contributed by atoms with Crippen molar-refractivity contribution in [2.24, 2.45) is 0 Å². The second-order valence-corrected chi connectivity index (χ2v) is 10.7. The Hall–Kier alpha value is -0.130. The van der Waals surface area contributed by atoms with Gasteiger partial charge in [0.15, 0.2) is 4.08 Å². The molecule has 2 nitrogen and oxygen atoms in total. The molecule has 2 fully saturated rings. The van der Waals surface area contributed by atoms with E-state index in [-0.39, 0.29) is 14.9 Å². The quantitative estimate of drug-likeness (QED) is 0.573. The molecule has 2 saturated heterocycles. The van der Waals surface area contributed by atoms with E-state index in [0.29, 0.717) is 10.7 Å². The summed E-state index contributed by atoms with van der Waals surface area (Å²) in [6.07, 6.45) is 0. The molecule has 0 aliphatic carbocycles. The van der Waals surface area contributed by atoms with E-state index in [1.54, 1.807) is 11.8 Å². The lowest BCUT2D eigenvalue weighted by Crippen LogP contribution is -2.70. The van der Waals surface area contributed by atoms with E-state index in [9.17, 15) is 4.79 Å². The van der Waals surface area contributed by atoms with E-state index >= 15 is 0 Å². The number of carbonyl (C=O) groups excluding carboxylic acids is 1. The second-order valence-electron chi connectivity index (χ2n) is 6.07. The first-order valence-electron chi connectivity index (χ1n) is 7.25. The highest BCUT2D eigenvalue weighted by Crippen LogP contribution is 2.65. The highest BCUT2D eigenvalue weighted by molar-refractivity contribution is 9.09. The number of nitrogens with zero attached hydrogens (tertiary/aromatic N) is 1. The first-order chi connectivity index (χ1) is 9.92. The van der Waals surface area contributed by atoms with Crippen molar-refractivity contribution < 1.29 is 4.79 Å². The highest BCUT2D eigenvalue weighted by atomic mass is 79.9. The van der Waals surface area contributed by atoms with Crippen LogP contribution in [0.2, 0.25) is 0 Å². The Labute approximate surface area is 143 Å². The summed E-state index contributed by atoms with van der Waals surface area (Å²) >= 11 is 7.53. The topological polar surface area (TPSA) is 20.3 Å². The molecule has 2 heterocycles. The third-order valence-electron chi connectivity index (χ3n) is 4.19. The lowest BCUT2D eigenvalue weighted by molar-refractivity contribution is -0.146. The van der Waals surface area contributed by atoms with E-state index in [4.69, 9.17) is 0 Å². The van der Waals surface area contributed by atoms with Crippen molar-refractivity contribution in [2.45, 2.75) is 47.0 Å². The highest BCUT2D eigenvalue weighted by Gasteiger charge is 2.71. The molecule has 2 aliphatic rings. The number of amides is 1. The molecule has 2 aliphatic heterocycles. The lowest BCUT2D eigenvalue weighted by Gasteiger charge is -2.52. The van der Waals surface area contributed by atoms with E-state index in [1.807, 2.05) is 30.0 Å². The molecule has 0 N–H and O–H groups in total. The molecule has 5 heteroatoms. The predicted molar refractivity (Wildman–Crippen MR) is 96.0 cm³/mol. The van der Waals surface area contributed by atoms with Gasteiger partial charge < -0.3 is 4.90 Å². The molecule has 1 aromatic rings. The van der Waals surface area contributed by atoms with Crippen LogP contribution in [-0.4, -0.2) is 36.3 Å². The van der Waals surface area contributed by atoms with E-state index in [1.165, 1.54) is 5.56 Å². The first kappa shape index (κ1) is 15.8. The Morgan fingerprint density at radius 2 is 2.00 bits per heavy atom. The lowest BCUT2D eigenvalue weighted by atomic mass is 9.91. The Balaban J connectivity index is 1.87. The number of halogens is 1. The van der Waals surface area contributed by atoms with Crippen LogP contribution in [0.25, 0.3) is 0 Å². The third kappa shape index (κ3) is 2.36. The molecule has 0 bridgehead atoms. The fourth-order valence-corrected chi connectivity index (χ4v) is 8.48. The molecule has 3 rings (SSSR count). The van der Waals surface area contributed by atoms with Crippen LogP contribution in [0.3, 0.4) is 0 Å². The number of thioether (sulfide) groups is 2. The molecule has 3 atom stereocenters. The molecule has 0 radical (unpaired) electrons. The number of alkyl halides is 1. The number of benzene rings is 1. The number of fused-ring (bicyclic) bond motifs is 1. The first-order valence-corrected chi connectivity index (χ1v) is 9.97. The largest absolute Gasteiger partial charge is 0.329 e. The number of hydrogen-bond acceptors (Lipinski definition) is 3. The Bertz CT molecular complexity index is 550. The Morgan fingerprint density at radius 1 is 1.33 bits per heavy atom. The average Bonchev–Trinajstić information content (AvgIpc) is 2.63. The molecule has 114 valence electrons. The fourth-order valence-electron chi connectivity index (χ4n) is 3.22. The zero-order chi connectivity index (χ0) is 15.3. The smallest absolute Gasteiger partial charge is 0.251 e. The minimum Gasteiger partial charge on any atom is -0.329 e. The van der Waals surface area contributed by atoms with Crippen LogP contribution < -0.4 is 0 Å². The summed E-state index contributed by atoms with van der Waals surface area (Å²) in [7, 11) is 0. The van der Waals surface area contributed by atoms with Gasteiger partial charge in [-0.2, -0.15) is 0 Å². The minimum atomic E-state index is -0.277. The van der Waals surface area contributed by atoms with Crippen LogP contribution >= 0.6 is 39.5 Å². The zero-order valence-corrected chi connectivity index (χ0v) is 15.7. The van der Waals surface area contributed by atoms with Gasteiger partial charge in [-0.15, -0.1) is 23.5 Å². The molecule has 0 aromatic heterocycles. The van der Waals surface area contributed by atoms with Crippen molar-refractivity contribution in [2.75, 3.05) is 5.75 Å². The van der Waals surface area contributed by atoms with E-state index in [2.05, 4.69) is 53.7 Å². The maximum Gasteiger partial charge on any atom is 0.251 e. The van der Waals surface area contributed by atoms with Crippen molar-refractivity contribution in [1.82, 2.24) is 4.90 Å². The van der Waals surface area contributed by atoms with Gasteiger partial charge >= 0.3 is 0 Å². The van der Waals surface area contributed by atoms with Gasteiger partial charge in [-0.05, 0) is 25.2 Å². The minimum absolute atomic E-state index is 0.0773. The Kier molecular flexibility index (Phi) is 4.13. The Morgan fingerprint density at radius 3 is 2.62 bits per heavy atom. The summed E-state index contributed by atoms with van der Waals surface area (Å²) in [5, 5.41) is 0. The zero-order valence-electron chi connectivity index (χ0n) is 12.5. The summed E-state index contributed by atoms with van der Waals surface area (Å²) in [6.45, 7) is 7.33. The van der Waals surface area contributed by atoms with Crippen molar-refractivity contribution in [3.05, 3.63) is 35.9 Å². The summed E-state index contributed by atoms with van der Waals surface area (Å²) in [4.78, 5) is 15.2. The maximum atomic E-state index is 12.9. The predicted octanol–water partition coefficient (Wildman–Crippen LogP) is 4.14. The van der Waals surface area contributed by atoms with Gasteiger partial charge in [0.05, 0.1) is 10.9 Å². The molecule has 0 unspecified atom stereocenters.